The third-order valence-corrected chi connectivity index (χ3v) is 3.09. The highest BCUT2D eigenvalue weighted by Crippen LogP contribution is 2.18. The summed E-state index contributed by atoms with van der Waals surface area (Å²) >= 11 is 0. The van der Waals surface area contributed by atoms with Crippen molar-refractivity contribution in [3.8, 4) is 11.8 Å². The lowest BCUT2D eigenvalue weighted by molar-refractivity contribution is 0.142. The lowest BCUT2D eigenvalue weighted by atomic mass is 10.2. The number of hydrogen-bond acceptors (Lipinski definition) is 4. The fourth-order valence-electron chi connectivity index (χ4n) is 2.10. The smallest absolute Gasteiger partial charge is 0.120 e. The van der Waals surface area contributed by atoms with Crippen molar-refractivity contribution in [2.45, 2.75) is 39.8 Å². The first-order chi connectivity index (χ1) is 8.95. The second-order valence-electron chi connectivity index (χ2n) is 5.13. The Labute approximate surface area is 115 Å². The molecule has 0 radical (unpaired) electrons. The summed E-state index contributed by atoms with van der Waals surface area (Å²) in [7, 11) is 0. The molecule has 0 bridgehead atoms. The standard InChI is InChI=1S/C15H23N3O/c1-11(2)18(12(3)4)7-8-19-14-5-6-15(17)13(9-14)10-16/h5-6,9,11-12H,7-8,17H2,1-4H3. The van der Waals surface area contributed by atoms with Crippen molar-refractivity contribution < 1.29 is 4.74 Å². The summed E-state index contributed by atoms with van der Waals surface area (Å²) in [6, 6.07) is 8.22. The molecule has 0 aliphatic heterocycles. The maximum atomic E-state index is 8.91. The lowest BCUT2D eigenvalue weighted by Gasteiger charge is -2.30. The zero-order valence-electron chi connectivity index (χ0n) is 12.2. The SMILES string of the molecule is CC(C)N(CCOc1ccc(N)c(C#N)c1)C(C)C. The minimum absolute atomic E-state index is 0.460. The molecule has 104 valence electrons. The Hall–Kier alpha value is -1.73. The van der Waals surface area contributed by atoms with Crippen molar-refractivity contribution in [1.82, 2.24) is 4.90 Å². The van der Waals surface area contributed by atoms with Crippen molar-refractivity contribution in [2.75, 3.05) is 18.9 Å². The predicted molar refractivity (Wildman–Crippen MR) is 78.0 cm³/mol. The van der Waals surface area contributed by atoms with Crippen molar-refractivity contribution in [1.29, 1.82) is 5.26 Å². The Morgan fingerprint density at radius 2 is 1.89 bits per heavy atom. The maximum absolute atomic E-state index is 8.91. The van der Waals surface area contributed by atoms with Crippen LogP contribution in [0.4, 0.5) is 5.69 Å². The van der Waals surface area contributed by atoms with Gasteiger partial charge in [0.15, 0.2) is 0 Å². The summed E-state index contributed by atoms with van der Waals surface area (Å²) in [6.45, 7) is 10.2. The average molecular weight is 261 g/mol. The van der Waals surface area contributed by atoms with Gasteiger partial charge in [-0.05, 0) is 45.9 Å². The molecule has 0 heterocycles. The molecule has 4 nitrogen and oxygen atoms in total. The molecule has 0 unspecified atom stereocenters. The van der Waals surface area contributed by atoms with E-state index in [0.717, 1.165) is 6.54 Å². The lowest BCUT2D eigenvalue weighted by Crippen LogP contribution is -2.39. The largest absolute Gasteiger partial charge is 0.492 e. The van der Waals surface area contributed by atoms with Gasteiger partial charge in [0.05, 0.1) is 5.56 Å². The van der Waals surface area contributed by atoms with Gasteiger partial charge >= 0.3 is 0 Å². The van der Waals surface area contributed by atoms with Crippen LogP contribution in [-0.4, -0.2) is 30.1 Å². The molecule has 0 amide bonds. The van der Waals surface area contributed by atoms with Gasteiger partial charge in [-0.3, -0.25) is 4.90 Å². The van der Waals surface area contributed by atoms with Crippen molar-refractivity contribution in [3.05, 3.63) is 23.8 Å². The normalized spacial score (nSPS) is 11.1. The van der Waals surface area contributed by atoms with Crippen molar-refractivity contribution in [2.24, 2.45) is 0 Å². The summed E-state index contributed by atoms with van der Waals surface area (Å²) in [6.07, 6.45) is 0. The number of nitrogen functional groups attached to an aromatic ring is 1. The van der Waals surface area contributed by atoms with E-state index in [9.17, 15) is 0 Å². The zero-order valence-corrected chi connectivity index (χ0v) is 12.2. The summed E-state index contributed by atoms with van der Waals surface area (Å²) in [5.74, 6) is 0.693. The molecule has 0 aliphatic carbocycles. The highest BCUT2D eigenvalue weighted by Gasteiger charge is 2.12. The molecular weight excluding hydrogens is 238 g/mol. The van der Waals surface area contributed by atoms with Crippen LogP contribution in [0.15, 0.2) is 18.2 Å². The van der Waals surface area contributed by atoms with Gasteiger partial charge in [0.1, 0.15) is 18.4 Å². The predicted octanol–water partition coefficient (Wildman–Crippen LogP) is 2.64. The van der Waals surface area contributed by atoms with Gasteiger partial charge in [0.25, 0.3) is 0 Å². The molecular formula is C15H23N3O. The van der Waals surface area contributed by atoms with Crippen LogP contribution in [0.2, 0.25) is 0 Å². The minimum atomic E-state index is 0.460. The molecule has 0 atom stereocenters. The number of nitrogens with two attached hydrogens (primary N) is 1. The number of anilines is 1. The van der Waals surface area contributed by atoms with Crippen molar-refractivity contribution >= 4 is 5.69 Å². The fourth-order valence-corrected chi connectivity index (χ4v) is 2.10. The number of nitriles is 1. The molecule has 1 rings (SSSR count). The van der Waals surface area contributed by atoms with E-state index in [1.54, 1.807) is 18.2 Å². The number of benzene rings is 1. The molecule has 0 aliphatic rings. The molecule has 0 aromatic heterocycles. The van der Waals surface area contributed by atoms with E-state index < -0.39 is 0 Å². The Balaban J connectivity index is 2.56. The number of rotatable bonds is 6. The first kappa shape index (κ1) is 15.3. The molecule has 4 heteroatoms. The van der Waals surface area contributed by atoms with Crippen LogP contribution >= 0.6 is 0 Å². The average Bonchev–Trinajstić information content (AvgIpc) is 2.35. The zero-order chi connectivity index (χ0) is 14.4. The third kappa shape index (κ3) is 4.46. The molecule has 0 saturated heterocycles. The van der Waals surface area contributed by atoms with E-state index in [-0.39, 0.29) is 0 Å². The number of ether oxygens (including phenoxy) is 1. The Kier molecular flexibility index (Phi) is 5.65. The van der Waals surface area contributed by atoms with Gasteiger partial charge in [-0.1, -0.05) is 0 Å². The van der Waals surface area contributed by atoms with Gasteiger partial charge in [0.2, 0.25) is 0 Å². The molecule has 0 saturated carbocycles. The van der Waals surface area contributed by atoms with Crippen LogP contribution in [0.5, 0.6) is 5.75 Å². The van der Waals surface area contributed by atoms with Crippen LogP contribution in [0.25, 0.3) is 0 Å². The molecule has 0 spiro atoms. The monoisotopic (exact) mass is 261 g/mol. The highest BCUT2D eigenvalue weighted by atomic mass is 16.5. The first-order valence-corrected chi connectivity index (χ1v) is 6.64. The second kappa shape index (κ2) is 7.01. The Bertz CT molecular complexity index is 441. The van der Waals surface area contributed by atoms with Gasteiger partial charge in [-0.15, -0.1) is 0 Å². The fraction of sp³-hybridized carbons (Fsp3) is 0.533. The number of hydrogen-bond donors (Lipinski definition) is 1. The Morgan fingerprint density at radius 1 is 1.26 bits per heavy atom. The summed E-state index contributed by atoms with van der Waals surface area (Å²) < 4.78 is 5.69. The highest BCUT2D eigenvalue weighted by molar-refractivity contribution is 5.56. The van der Waals surface area contributed by atoms with Crippen LogP contribution in [0.3, 0.4) is 0 Å². The van der Waals surface area contributed by atoms with Gasteiger partial charge < -0.3 is 10.5 Å². The summed E-state index contributed by atoms with van der Waals surface area (Å²) in [5.41, 5.74) is 6.62. The van der Waals surface area contributed by atoms with E-state index in [4.69, 9.17) is 15.7 Å². The van der Waals surface area contributed by atoms with Crippen LogP contribution in [-0.2, 0) is 0 Å². The van der Waals surface area contributed by atoms with Crippen LogP contribution < -0.4 is 10.5 Å². The van der Waals surface area contributed by atoms with E-state index in [2.05, 4.69) is 38.7 Å². The molecule has 1 aromatic rings. The summed E-state index contributed by atoms with van der Waals surface area (Å²) in [5, 5.41) is 8.91. The van der Waals surface area contributed by atoms with E-state index >= 15 is 0 Å². The minimum Gasteiger partial charge on any atom is -0.492 e. The third-order valence-electron chi connectivity index (χ3n) is 3.09. The number of nitrogens with zero attached hydrogens (tertiary/aromatic N) is 2. The van der Waals surface area contributed by atoms with Gasteiger partial charge in [0, 0.05) is 24.3 Å². The first-order valence-electron chi connectivity index (χ1n) is 6.64. The van der Waals surface area contributed by atoms with Crippen molar-refractivity contribution in [3.63, 3.8) is 0 Å². The second-order valence-corrected chi connectivity index (χ2v) is 5.13. The Morgan fingerprint density at radius 3 is 2.42 bits per heavy atom. The molecule has 1 aromatic carbocycles. The van der Waals surface area contributed by atoms with E-state index in [0.29, 0.717) is 35.7 Å². The van der Waals surface area contributed by atoms with E-state index in [1.165, 1.54) is 0 Å². The van der Waals surface area contributed by atoms with Gasteiger partial charge in [-0.2, -0.15) is 5.26 Å². The quantitative estimate of drug-likeness (QED) is 0.800. The molecule has 2 N–H and O–H groups in total. The van der Waals surface area contributed by atoms with Crippen LogP contribution in [0.1, 0.15) is 33.3 Å². The summed E-state index contributed by atoms with van der Waals surface area (Å²) in [4.78, 5) is 2.36. The van der Waals surface area contributed by atoms with Gasteiger partial charge in [-0.25, -0.2) is 0 Å². The topological polar surface area (TPSA) is 62.3 Å². The molecule has 0 fully saturated rings. The maximum Gasteiger partial charge on any atom is 0.120 e. The van der Waals surface area contributed by atoms with E-state index in [1.807, 2.05) is 0 Å². The molecule has 19 heavy (non-hydrogen) atoms. The van der Waals surface area contributed by atoms with Crippen LogP contribution in [0, 0.1) is 11.3 Å².